The van der Waals surface area contributed by atoms with Gasteiger partial charge >= 0.3 is 11.7 Å². The molecule has 2 aliphatic carbocycles. The van der Waals surface area contributed by atoms with Gasteiger partial charge in [0.2, 0.25) is 0 Å². The third-order valence-corrected chi connectivity index (χ3v) is 6.56. The van der Waals surface area contributed by atoms with Gasteiger partial charge in [-0.05, 0) is 62.9 Å². The van der Waals surface area contributed by atoms with Crippen molar-refractivity contribution >= 4 is 11.5 Å². The van der Waals surface area contributed by atoms with Crippen molar-refractivity contribution in [2.75, 3.05) is 13.2 Å². The van der Waals surface area contributed by atoms with Crippen molar-refractivity contribution in [1.82, 2.24) is 14.8 Å². The molecule has 4 rings (SSSR count). The smallest absolute Gasteiger partial charge is 0.364 e. The Kier molecular flexibility index (Phi) is 7.50. The summed E-state index contributed by atoms with van der Waals surface area (Å²) in [6.45, 7) is 2.92. The number of allylic oxidation sites excluding steroid dienone is 4. The summed E-state index contributed by atoms with van der Waals surface area (Å²) >= 11 is 0. The molecule has 7 heteroatoms. The van der Waals surface area contributed by atoms with Crippen LogP contribution in [0.25, 0.3) is 16.8 Å². The molecule has 1 saturated carbocycles. The van der Waals surface area contributed by atoms with Crippen molar-refractivity contribution in [3.8, 4) is 11.3 Å². The molecule has 33 heavy (non-hydrogen) atoms. The Morgan fingerprint density at radius 2 is 1.79 bits per heavy atom. The van der Waals surface area contributed by atoms with Gasteiger partial charge in [-0.2, -0.15) is 10.1 Å². The highest BCUT2D eigenvalue weighted by molar-refractivity contribution is 5.77. The van der Waals surface area contributed by atoms with Gasteiger partial charge in [-0.1, -0.05) is 48.1 Å². The molecule has 0 spiro atoms. The number of nitrogens with zero attached hydrogens (tertiary/aromatic N) is 3. The van der Waals surface area contributed by atoms with Gasteiger partial charge in [-0.15, -0.1) is 0 Å². The highest BCUT2D eigenvalue weighted by Gasteiger charge is 2.24. The number of hydrogen-bond acceptors (Lipinski definition) is 5. The third kappa shape index (κ3) is 6.05. The monoisotopic (exact) mass is 449 g/mol. The van der Waals surface area contributed by atoms with Crippen LogP contribution in [0, 0.1) is 11.8 Å². The van der Waals surface area contributed by atoms with Crippen molar-refractivity contribution in [3.05, 3.63) is 64.2 Å². The lowest BCUT2D eigenvalue weighted by Crippen LogP contribution is -2.32. The number of hydrogen-bond donors (Lipinski definition) is 1. The third-order valence-electron chi connectivity index (χ3n) is 6.56. The van der Waals surface area contributed by atoms with Crippen LogP contribution in [0.15, 0.2) is 52.9 Å². The Labute approximate surface area is 193 Å². The van der Waals surface area contributed by atoms with Gasteiger partial charge in [0, 0.05) is 12.1 Å². The van der Waals surface area contributed by atoms with E-state index < -0.39 is 5.97 Å². The molecule has 0 amide bonds. The van der Waals surface area contributed by atoms with Crippen molar-refractivity contribution in [1.29, 1.82) is 0 Å². The van der Waals surface area contributed by atoms with Crippen molar-refractivity contribution < 1.29 is 14.6 Å². The van der Waals surface area contributed by atoms with Crippen LogP contribution in [0.4, 0.5) is 0 Å². The number of carboxylic acid groups (broad SMARTS) is 1. The van der Waals surface area contributed by atoms with Crippen LogP contribution in [-0.2, 0) is 16.1 Å². The molecule has 2 aromatic rings. The van der Waals surface area contributed by atoms with E-state index in [-0.39, 0.29) is 12.3 Å². The van der Waals surface area contributed by atoms with Gasteiger partial charge in [0.15, 0.2) is 0 Å². The fraction of sp³-hybridized carbons (Fsp3) is 0.462. The summed E-state index contributed by atoms with van der Waals surface area (Å²) in [5, 5.41) is 13.6. The van der Waals surface area contributed by atoms with E-state index in [9.17, 15) is 9.59 Å². The SMILES string of the molecule is CC1=CC=C(c2nn(C[C@H]3CC[C@@H](COCC(=O)O)CC3)c(=O)nc2-c2ccccc2)CC1. The Balaban J connectivity index is 1.52. The van der Waals surface area contributed by atoms with Crippen molar-refractivity contribution in [3.63, 3.8) is 0 Å². The topological polar surface area (TPSA) is 94.3 Å². The molecule has 0 saturated heterocycles. The number of aromatic nitrogens is 3. The second-order valence-electron chi connectivity index (χ2n) is 9.14. The fourth-order valence-corrected chi connectivity index (χ4v) is 4.63. The van der Waals surface area contributed by atoms with Crippen LogP contribution in [0.1, 0.15) is 51.1 Å². The summed E-state index contributed by atoms with van der Waals surface area (Å²) in [5.41, 5.74) is 4.48. The maximum atomic E-state index is 12.9. The van der Waals surface area contributed by atoms with Gasteiger partial charge in [0.1, 0.15) is 18.0 Å². The Morgan fingerprint density at radius 3 is 2.45 bits per heavy atom. The van der Waals surface area contributed by atoms with Gasteiger partial charge in [0.05, 0.1) is 6.61 Å². The average Bonchev–Trinajstić information content (AvgIpc) is 2.82. The number of aliphatic carboxylic acids is 1. The standard InChI is InChI=1S/C26H31N3O4/c1-18-7-13-22(14-8-18)25-24(21-5-3-2-4-6-21)27-26(32)29(28-25)15-19-9-11-20(12-10-19)16-33-17-23(30)31/h2-7,13,19-20H,8-12,14-17H2,1H3,(H,30,31)/t19-,20+. The van der Waals surface area contributed by atoms with E-state index in [1.165, 1.54) is 5.57 Å². The molecular formula is C26H31N3O4. The lowest BCUT2D eigenvalue weighted by atomic mass is 9.82. The van der Waals surface area contributed by atoms with Crippen LogP contribution in [-0.4, -0.2) is 39.1 Å². The van der Waals surface area contributed by atoms with Crippen LogP contribution in [0.2, 0.25) is 0 Å². The first-order valence-electron chi connectivity index (χ1n) is 11.7. The van der Waals surface area contributed by atoms with Crippen LogP contribution < -0.4 is 5.69 Å². The Hall–Kier alpha value is -3.06. The first-order valence-corrected chi connectivity index (χ1v) is 11.7. The van der Waals surface area contributed by atoms with E-state index in [1.807, 2.05) is 30.3 Å². The summed E-state index contributed by atoms with van der Waals surface area (Å²) < 4.78 is 6.81. The largest absolute Gasteiger partial charge is 0.480 e. The number of rotatable bonds is 8. The van der Waals surface area contributed by atoms with E-state index in [0.29, 0.717) is 30.7 Å². The molecular weight excluding hydrogens is 418 g/mol. The lowest BCUT2D eigenvalue weighted by molar-refractivity contribution is -0.142. The zero-order valence-electron chi connectivity index (χ0n) is 19.1. The Morgan fingerprint density at radius 1 is 1.06 bits per heavy atom. The van der Waals surface area contributed by atoms with E-state index in [2.05, 4.69) is 24.1 Å². The molecule has 1 heterocycles. The highest BCUT2D eigenvalue weighted by atomic mass is 16.5. The second kappa shape index (κ2) is 10.7. The molecule has 0 radical (unpaired) electrons. The summed E-state index contributed by atoms with van der Waals surface area (Å²) in [6.07, 6.45) is 9.97. The van der Waals surface area contributed by atoms with Crippen molar-refractivity contribution in [2.24, 2.45) is 11.8 Å². The zero-order valence-corrected chi connectivity index (χ0v) is 19.1. The number of ether oxygens (including phenoxy) is 1. The zero-order chi connectivity index (χ0) is 23.2. The van der Waals surface area contributed by atoms with E-state index in [0.717, 1.165) is 55.4 Å². The molecule has 1 aromatic heterocycles. The highest BCUT2D eigenvalue weighted by Crippen LogP contribution is 2.32. The quantitative estimate of drug-likeness (QED) is 0.644. The first kappa shape index (κ1) is 23.1. The molecule has 174 valence electrons. The van der Waals surface area contributed by atoms with Gasteiger partial charge in [-0.25, -0.2) is 14.3 Å². The second-order valence-corrected chi connectivity index (χ2v) is 9.14. The first-order chi connectivity index (χ1) is 16.0. The van der Waals surface area contributed by atoms with Gasteiger partial charge in [-0.3, -0.25) is 0 Å². The van der Waals surface area contributed by atoms with E-state index in [1.54, 1.807) is 4.68 Å². The molecule has 2 aliphatic rings. The number of benzene rings is 1. The summed E-state index contributed by atoms with van der Waals surface area (Å²) in [6, 6.07) is 9.78. The minimum atomic E-state index is -0.935. The molecule has 1 N–H and O–H groups in total. The Bertz CT molecular complexity index is 1100. The number of carboxylic acids is 1. The molecule has 1 fully saturated rings. The van der Waals surface area contributed by atoms with Crippen molar-refractivity contribution in [2.45, 2.75) is 52.0 Å². The summed E-state index contributed by atoms with van der Waals surface area (Å²) in [4.78, 5) is 28.0. The van der Waals surface area contributed by atoms with E-state index >= 15 is 0 Å². The lowest BCUT2D eigenvalue weighted by Gasteiger charge is -2.28. The maximum absolute atomic E-state index is 12.9. The van der Waals surface area contributed by atoms with Crippen LogP contribution in [0.5, 0.6) is 0 Å². The molecule has 1 aromatic carbocycles. The molecule has 0 bridgehead atoms. The summed E-state index contributed by atoms with van der Waals surface area (Å²) in [7, 11) is 0. The molecule has 7 nitrogen and oxygen atoms in total. The molecule has 0 unspecified atom stereocenters. The minimum absolute atomic E-state index is 0.244. The predicted molar refractivity (Wildman–Crippen MR) is 127 cm³/mol. The van der Waals surface area contributed by atoms with Crippen LogP contribution in [0.3, 0.4) is 0 Å². The number of carbonyl (C=O) groups is 1. The predicted octanol–water partition coefficient (Wildman–Crippen LogP) is 4.34. The minimum Gasteiger partial charge on any atom is -0.480 e. The van der Waals surface area contributed by atoms with Crippen LogP contribution >= 0.6 is 0 Å². The average molecular weight is 450 g/mol. The molecule has 0 atom stereocenters. The van der Waals surface area contributed by atoms with E-state index in [4.69, 9.17) is 14.9 Å². The normalized spacial score (nSPS) is 20.8. The summed E-state index contributed by atoms with van der Waals surface area (Å²) in [5.74, 6) is -0.206. The molecule has 0 aliphatic heterocycles. The van der Waals surface area contributed by atoms with Gasteiger partial charge < -0.3 is 9.84 Å². The maximum Gasteiger partial charge on any atom is 0.364 e. The fourth-order valence-electron chi connectivity index (χ4n) is 4.63. The van der Waals surface area contributed by atoms with Gasteiger partial charge in [0.25, 0.3) is 0 Å².